The molecular formula is C20H20N6O3. The zero-order valence-corrected chi connectivity index (χ0v) is 15.7. The van der Waals surface area contributed by atoms with Gasteiger partial charge in [0.25, 0.3) is 11.8 Å². The zero-order chi connectivity index (χ0) is 20.4. The molecule has 0 saturated heterocycles. The van der Waals surface area contributed by atoms with Gasteiger partial charge in [-0.05, 0) is 29.8 Å². The number of aliphatic imine (C=N–C) groups is 1. The lowest BCUT2D eigenvalue weighted by molar-refractivity contribution is -0.123. The number of benzene rings is 2. The van der Waals surface area contributed by atoms with Gasteiger partial charge in [-0.25, -0.2) is 4.98 Å². The van der Waals surface area contributed by atoms with Gasteiger partial charge in [-0.1, -0.05) is 24.3 Å². The van der Waals surface area contributed by atoms with Gasteiger partial charge in [-0.3, -0.25) is 19.9 Å². The molecule has 0 spiro atoms. The van der Waals surface area contributed by atoms with Gasteiger partial charge in [0.2, 0.25) is 5.54 Å². The molecule has 29 heavy (non-hydrogen) atoms. The van der Waals surface area contributed by atoms with Crippen molar-refractivity contribution < 1.29 is 14.3 Å². The minimum Gasteiger partial charge on any atom is -0.497 e. The van der Waals surface area contributed by atoms with Gasteiger partial charge >= 0.3 is 0 Å². The predicted octanol–water partition coefficient (Wildman–Crippen LogP) is 0.570. The fourth-order valence-electron chi connectivity index (χ4n) is 3.34. The SMILES string of the molecule is COc1ccc(CNC(=O)C2=NCNC2(C(N)=O)c2nc3ccccc3[nH]2)cc1. The standard InChI is InChI=1S/C20H20N6O3/c1-29-13-8-6-12(7-9-13)10-22-17(27)16-20(18(21)28,24-11-23-16)19-25-14-4-2-3-5-15(14)26-19/h2-9,24H,10-11H2,1H3,(H2,21,28)(H,22,27)(H,25,26). The first kappa shape index (κ1) is 18.6. The monoisotopic (exact) mass is 392 g/mol. The average Bonchev–Trinajstić information content (AvgIpc) is 3.37. The molecule has 0 saturated carbocycles. The minimum absolute atomic E-state index is 0.0161. The van der Waals surface area contributed by atoms with E-state index in [0.29, 0.717) is 5.52 Å². The highest BCUT2D eigenvalue weighted by molar-refractivity contribution is 6.46. The molecule has 2 aromatic carbocycles. The fraction of sp³-hybridized carbons (Fsp3) is 0.200. The second kappa shape index (κ2) is 7.36. The predicted molar refractivity (Wildman–Crippen MR) is 107 cm³/mol. The Labute approximate surface area is 166 Å². The number of hydrogen-bond donors (Lipinski definition) is 4. The lowest BCUT2D eigenvalue weighted by Crippen LogP contribution is -2.59. The van der Waals surface area contributed by atoms with Crippen LogP contribution in [0.25, 0.3) is 11.0 Å². The van der Waals surface area contributed by atoms with Crippen LogP contribution in [0.5, 0.6) is 5.75 Å². The third kappa shape index (κ3) is 3.21. The number of aromatic nitrogens is 2. The van der Waals surface area contributed by atoms with Crippen molar-refractivity contribution in [2.24, 2.45) is 10.7 Å². The number of aromatic amines is 1. The number of imidazole rings is 1. The first-order valence-electron chi connectivity index (χ1n) is 9.01. The van der Waals surface area contributed by atoms with Crippen LogP contribution in [0, 0.1) is 0 Å². The number of nitrogens with one attached hydrogen (secondary N) is 3. The first-order chi connectivity index (χ1) is 14.0. The molecule has 2 amide bonds. The summed E-state index contributed by atoms with van der Waals surface area (Å²) in [5, 5.41) is 5.73. The molecule has 148 valence electrons. The Morgan fingerprint density at radius 2 is 1.97 bits per heavy atom. The maximum absolute atomic E-state index is 12.9. The van der Waals surface area contributed by atoms with E-state index in [-0.39, 0.29) is 24.7 Å². The van der Waals surface area contributed by atoms with Gasteiger partial charge in [-0.15, -0.1) is 0 Å². The summed E-state index contributed by atoms with van der Waals surface area (Å²) in [7, 11) is 1.59. The van der Waals surface area contributed by atoms with Crippen molar-refractivity contribution in [3.63, 3.8) is 0 Å². The molecule has 1 atom stereocenters. The molecule has 1 unspecified atom stereocenters. The van der Waals surface area contributed by atoms with Crippen molar-refractivity contribution in [1.82, 2.24) is 20.6 Å². The van der Waals surface area contributed by atoms with E-state index in [1.54, 1.807) is 25.3 Å². The third-order valence-corrected chi connectivity index (χ3v) is 4.88. The number of H-pyrrole nitrogens is 1. The number of methoxy groups -OCH3 is 1. The topological polar surface area (TPSA) is 134 Å². The van der Waals surface area contributed by atoms with Gasteiger partial charge in [0, 0.05) is 6.54 Å². The number of amides is 2. The number of carbonyl (C=O) groups excluding carboxylic acids is 2. The lowest BCUT2D eigenvalue weighted by Gasteiger charge is -2.25. The number of rotatable bonds is 6. The number of nitrogens with two attached hydrogens (primary N) is 1. The molecular weight excluding hydrogens is 372 g/mol. The van der Waals surface area contributed by atoms with Crippen molar-refractivity contribution in [3.05, 3.63) is 59.9 Å². The normalized spacial score (nSPS) is 18.4. The summed E-state index contributed by atoms with van der Waals surface area (Å²) in [6.45, 7) is 0.335. The first-order valence-corrected chi connectivity index (χ1v) is 9.01. The summed E-state index contributed by atoms with van der Waals surface area (Å²) in [6.07, 6.45) is 0. The summed E-state index contributed by atoms with van der Waals surface area (Å²) in [5.41, 5.74) is 6.35. The molecule has 1 aromatic heterocycles. The second-order valence-corrected chi connectivity index (χ2v) is 6.59. The van der Waals surface area contributed by atoms with Gasteiger partial charge < -0.3 is 20.8 Å². The van der Waals surface area contributed by atoms with Crippen molar-refractivity contribution in [1.29, 1.82) is 0 Å². The maximum atomic E-state index is 12.9. The van der Waals surface area contributed by atoms with E-state index in [1.165, 1.54) is 0 Å². The molecule has 9 heteroatoms. The molecule has 0 bridgehead atoms. The van der Waals surface area contributed by atoms with Crippen LogP contribution >= 0.6 is 0 Å². The van der Waals surface area contributed by atoms with Gasteiger partial charge in [-0.2, -0.15) is 0 Å². The Morgan fingerprint density at radius 1 is 1.21 bits per heavy atom. The summed E-state index contributed by atoms with van der Waals surface area (Å²) < 4.78 is 5.13. The van der Waals surface area contributed by atoms with Crippen LogP contribution in [0.15, 0.2) is 53.5 Å². The molecule has 3 aromatic rings. The van der Waals surface area contributed by atoms with Crippen molar-refractivity contribution in [2.75, 3.05) is 13.8 Å². The van der Waals surface area contributed by atoms with E-state index in [4.69, 9.17) is 10.5 Å². The van der Waals surface area contributed by atoms with Gasteiger partial charge in [0.1, 0.15) is 17.3 Å². The number of para-hydroxylation sites is 2. The fourth-order valence-corrected chi connectivity index (χ4v) is 3.34. The smallest absolute Gasteiger partial charge is 0.268 e. The Morgan fingerprint density at radius 3 is 2.66 bits per heavy atom. The van der Waals surface area contributed by atoms with Crippen LogP contribution in [-0.4, -0.2) is 41.3 Å². The van der Waals surface area contributed by atoms with E-state index in [2.05, 4.69) is 25.6 Å². The van der Waals surface area contributed by atoms with Crippen molar-refractivity contribution in [3.8, 4) is 5.75 Å². The highest BCUT2D eigenvalue weighted by atomic mass is 16.5. The number of carbonyl (C=O) groups is 2. The average molecular weight is 392 g/mol. The Hall–Kier alpha value is -3.72. The number of ether oxygens (including phenoxy) is 1. The van der Waals surface area contributed by atoms with Gasteiger partial charge in [0.15, 0.2) is 0 Å². The van der Waals surface area contributed by atoms with Crippen LogP contribution in [0.3, 0.4) is 0 Å². The van der Waals surface area contributed by atoms with E-state index in [0.717, 1.165) is 16.8 Å². The number of nitrogens with zero attached hydrogens (tertiary/aromatic N) is 2. The number of hydrogen-bond acceptors (Lipinski definition) is 6. The number of fused-ring (bicyclic) bond motifs is 1. The van der Waals surface area contributed by atoms with Crippen LogP contribution < -0.4 is 21.1 Å². The number of primary amides is 1. The molecule has 0 radical (unpaired) electrons. The molecule has 0 fully saturated rings. The van der Waals surface area contributed by atoms with E-state index in [9.17, 15) is 9.59 Å². The van der Waals surface area contributed by atoms with Crippen LogP contribution in [0.2, 0.25) is 0 Å². The largest absolute Gasteiger partial charge is 0.497 e. The summed E-state index contributed by atoms with van der Waals surface area (Å²) in [5.74, 6) is -0.290. The Balaban J connectivity index is 1.60. The summed E-state index contributed by atoms with van der Waals surface area (Å²) in [6, 6.07) is 14.6. The highest BCUT2D eigenvalue weighted by Crippen LogP contribution is 2.27. The van der Waals surface area contributed by atoms with Crippen molar-refractivity contribution in [2.45, 2.75) is 12.1 Å². The molecule has 1 aliphatic heterocycles. The molecule has 2 heterocycles. The Bertz CT molecular complexity index is 1070. The molecule has 4 rings (SSSR count). The highest BCUT2D eigenvalue weighted by Gasteiger charge is 2.52. The minimum atomic E-state index is -1.62. The summed E-state index contributed by atoms with van der Waals surface area (Å²) in [4.78, 5) is 37.1. The zero-order valence-electron chi connectivity index (χ0n) is 15.7. The molecule has 1 aliphatic rings. The molecule has 5 N–H and O–H groups in total. The second-order valence-electron chi connectivity index (χ2n) is 6.59. The quantitative estimate of drug-likeness (QED) is 0.486. The van der Waals surface area contributed by atoms with E-state index in [1.807, 2.05) is 30.3 Å². The third-order valence-electron chi connectivity index (χ3n) is 4.88. The van der Waals surface area contributed by atoms with Crippen LogP contribution in [0.4, 0.5) is 0 Å². The maximum Gasteiger partial charge on any atom is 0.268 e. The van der Waals surface area contributed by atoms with Crippen LogP contribution in [0.1, 0.15) is 11.4 Å². The Kier molecular flexibility index (Phi) is 4.73. The summed E-state index contributed by atoms with van der Waals surface area (Å²) >= 11 is 0. The molecule has 0 aliphatic carbocycles. The van der Waals surface area contributed by atoms with Gasteiger partial charge in [0.05, 0.1) is 24.8 Å². The van der Waals surface area contributed by atoms with Crippen molar-refractivity contribution >= 4 is 28.6 Å². The van der Waals surface area contributed by atoms with E-state index >= 15 is 0 Å². The lowest BCUT2D eigenvalue weighted by atomic mass is 9.91. The van der Waals surface area contributed by atoms with Crippen LogP contribution in [-0.2, 0) is 21.7 Å². The molecule has 9 nitrogen and oxygen atoms in total. The van der Waals surface area contributed by atoms with E-state index < -0.39 is 17.4 Å².